The van der Waals surface area contributed by atoms with Crippen molar-refractivity contribution >= 4 is 11.8 Å². The molecule has 84 valence electrons. The summed E-state index contributed by atoms with van der Waals surface area (Å²) < 4.78 is 5.64. The Labute approximate surface area is 95.7 Å². The molecule has 0 heterocycles. The smallest absolute Gasteiger partial charge is 0.125 e. The summed E-state index contributed by atoms with van der Waals surface area (Å²) in [5.41, 5.74) is 2.01. The van der Waals surface area contributed by atoms with Crippen molar-refractivity contribution in [3.05, 3.63) is 29.3 Å². The highest BCUT2D eigenvalue weighted by Gasteiger charge is 2.08. The molecule has 0 amide bonds. The zero-order valence-corrected chi connectivity index (χ0v) is 10.3. The molecule has 3 heteroatoms. The second kappa shape index (κ2) is 6.03. The van der Waals surface area contributed by atoms with E-state index in [2.05, 4.69) is 6.26 Å². The van der Waals surface area contributed by atoms with Gasteiger partial charge in [-0.15, -0.1) is 0 Å². The van der Waals surface area contributed by atoms with Gasteiger partial charge in [-0.05, 0) is 31.7 Å². The first-order valence-corrected chi connectivity index (χ1v) is 6.45. The number of aryl methyl sites for hydroxylation is 1. The van der Waals surface area contributed by atoms with Crippen molar-refractivity contribution in [1.82, 2.24) is 0 Å². The maximum absolute atomic E-state index is 9.57. The molecule has 1 N–H and O–H groups in total. The number of hydrogen-bond acceptors (Lipinski definition) is 3. The van der Waals surface area contributed by atoms with E-state index >= 15 is 0 Å². The lowest BCUT2D eigenvalue weighted by molar-refractivity contribution is 0.192. The molecule has 0 aromatic heterocycles. The molecule has 0 radical (unpaired) electrons. The summed E-state index contributed by atoms with van der Waals surface area (Å²) in [6.07, 6.45) is 1.57. The fraction of sp³-hybridized carbons (Fsp3) is 0.500. The van der Waals surface area contributed by atoms with Gasteiger partial charge in [0.1, 0.15) is 5.75 Å². The minimum atomic E-state index is -0.477. The zero-order valence-electron chi connectivity index (χ0n) is 9.49. The minimum Gasteiger partial charge on any atom is -0.492 e. The summed E-state index contributed by atoms with van der Waals surface area (Å²) in [6, 6.07) is 5.89. The number of aliphatic hydroxyl groups excluding tert-OH is 1. The van der Waals surface area contributed by atoms with E-state index in [0.717, 1.165) is 22.6 Å². The molecule has 0 aliphatic carbocycles. The van der Waals surface area contributed by atoms with Gasteiger partial charge >= 0.3 is 0 Å². The quantitative estimate of drug-likeness (QED) is 0.783. The van der Waals surface area contributed by atoms with Gasteiger partial charge in [-0.3, -0.25) is 0 Å². The highest BCUT2D eigenvalue weighted by Crippen LogP contribution is 2.26. The molecule has 1 aromatic rings. The standard InChI is InChI=1S/C12H18O2S/c1-9-4-5-11(10(2)13)12(8-9)14-6-7-15-3/h4-5,8,10,13H,6-7H2,1-3H3/t10-/m0/s1. The first-order valence-electron chi connectivity index (χ1n) is 5.05. The van der Waals surface area contributed by atoms with E-state index in [1.54, 1.807) is 18.7 Å². The summed E-state index contributed by atoms with van der Waals surface area (Å²) in [4.78, 5) is 0. The summed E-state index contributed by atoms with van der Waals surface area (Å²) >= 11 is 1.75. The van der Waals surface area contributed by atoms with Crippen molar-refractivity contribution in [3.8, 4) is 5.75 Å². The van der Waals surface area contributed by atoms with Gasteiger partial charge in [0.2, 0.25) is 0 Å². The Bertz CT molecular complexity index is 310. The highest BCUT2D eigenvalue weighted by molar-refractivity contribution is 7.98. The molecular formula is C12H18O2S. The van der Waals surface area contributed by atoms with Gasteiger partial charge in [0.25, 0.3) is 0 Å². The average Bonchev–Trinajstić information content (AvgIpc) is 2.18. The molecule has 0 aliphatic heterocycles. The molecule has 0 spiro atoms. The van der Waals surface area contributed by atoms with Crippen molar-refractivity contribution in [1.29, 1.82) is 0 Å². The first-order chi connectivity index (χ1) is 7.15. The van der Waals surface area contributed by atoms with Crippen LogP contribution in [0.5, 0.6) is 5.75 Å². The molecule has 0 aliphatic rings. The molecule has 1 atom stereocenters. The summed E-state index contributed by atoms with van der Waals surface area (Å²) in [6.45, 7) is 4.46. The Balaban J connectivity index is 2.77. The summed E-state index contributed by atoms with van der Waals surface area (Å²) in [7, 11) is 0. The average molecular weight is 226 g/mol. The van der Waals surface area contributed by atoms with Crippen LogP contribution in [0.15, 0.2) is 18.2 Å². The van der Waals surface area contributed by atoms with Gasteiger partial charge in [0.05, 0.1) is 12.7 Å². The monoisotopic (exact) mass is 226 g/mol. The van der Waals surface area contributed by atoms with Crippen LogP contribution in [0.4, 0.5) is 0 Å². The van der Waals surface area contributed by atoms with E-state index in [1.165, 1.54) is 0 Å². The van der Waals surface area contributed by atoms with E-state index in [-0.39, 0.29) is 0 Å². The summed E-state index contributed by atoms with van der Waals surface area (Å²) in [5.74, 6) is 1.77. The van der Waals surface area contributed by atoms with Gasteiger partial charge in [-0.2, -0.15) is 11.8 Å². The molecule has 1 rings (SSSR count). The minimum absolute atomic E-state index is 0.477. The topological polar surface area (TPSA) is 29.5 Å². The van der Waals surface area contributed by atoms with E-state index in [4.69, 9.17) is 4.74 Å². The van der Waals surface area contributed by atoms with Gasteiger partial charge in [0.15, 0.2) is 0 Å². The van der Waals surface area contributed by atoms with Gasteiger partial charge in [0, 0.05) is 11.3 Å². The number of ether oxygens (including phenoxy) is 1. The van der Waals surface area contributed by atoms with Crippen molar-refractivity contribution < 1.29 is 9.84 Å². The largest absolute Gasteiger partial charge is 0.492 e. The molecule has 0 unspecified atom stereocenters. The van der Waals surface area contributed by atoms with Crippen LogP contribution in [-0.4, -0.2) is 23.7 Å². The second-order valence-electron chi connectivity index (χ2n) is 3.56. The third-order valence-electron chi connectivity index (χ3n) is 2.16. The third kappa shape index (κ3) is 3.76. The van der Waals surface area contributed by atoms with Crippen molar-refractivity contribution in [2.24, 2.45) is 0 Å². The molecule has 0 fully saturated rings. The van der Waals surface area contributed by atoms with Crippen molar-refractivity contribution in [3.63, 3.8) is 0 Å². The number of benzene rings is 1. The van der Waals surface area contributed by atoms with Crippen LogP contribution < -0.4 is 4.74 Å². The van der Waals surface area contributed by atoms with Gasteiger partial charge in [-0.1, -0.05) is 12.1 Å². The first kappa shape index (κ1) is 12.4. The highest BCUT2D eigenvalue weighted by atomic mass is 32.2. The lowest BCUT2D eigenvalue weighted by atomic mass is 10.1. The molecule has 0 saturated heterocycles. The van der Waals surface area contributed by atoms with Crippen LogP contribution in [0.3, 0.4) is 0 Å². The molecule has 1 aromatic carbocycles. The summed E-state index contributed by atoms with van der Waals surface area (Å²) in [5, 5.41) is 9.57. The van der Waals surface area contributed by atoms with Crippen LogP contribution >= 0.6 is 11.8 Å². The van der Waals surface area contributed by atoms with Gasteiger partial charge < -0.3 is 9.84 Å². The number of hydrogen-bond donors (Lipinski definition) is 1. The van der Waals surface area contributed by atoms with Crippen molar-refractivity contribution in [2.45, 2.75) is 20.0 Å². The fourth-order valence-corrected chi connectivity index (χ4v) is 1.60. The fourth-order valence-electron chi connectivity index (χ4n) is 1.35. The van der Waals surface area contributed by atoms with Crippen LogP contribution in [0, 0.1) is 6.92 Å². The third-order valence-corrected chi connectivity index (χ3v) is 2.74. The molecule has 0 saturated carbocycles. The Morgan fingerprint density at radius 2 is 2.20 bits per heavy atom. The lowest BCUT2D eigenvalue weighted by Gasteiger charge is -2.13. The zero-order chi connectivity index (χ0) is 11.3. The number of thioether (sulfide) groups is 1. The van der Waals surface area contributed by atoms with E-state index < -0.39 is 6.10 Å². The maximum atomic E-state index is 9.57. The van der Waals surface area contributed by atoms with Crippen LogP contribution in [0.25, 0.3) is 0 Å². The number of aliphatic hydroxyl groups is 1. The molecule has 2 nitrogen and oxygen atoms in total. The van der Waals surface area contributed by atoms with Crippen LogP contribution in [0.1, 0.15) is 24.2 Å². The molecule has 15 heavy (non-hydrogen) atoms. The van der Waals surface area contributed by atoms with E-state index in [9.17, 15) is 5.11 Å². The Morgan fingerprint density at radius 1 is 1.47 bits per heavy atom. The van der Waals surface area contributed by atoms with Crippen LogP contribution in [0.2, 0.25) is 0 Å². The predicted octanol–water partition coefficient (Wildman–Crippen LogP) is 2.79. The van der Waals surface area contributed by atoms with Gasteiger partial charge in [-0.25, -0.2) is 0 Å². The number of rotatable bonds is 5. The normalized spacial score (nSPS) is 12.5. The van der Waals surface area contributed by atoms with E-state index in [1.807, 2.05) is 25.1 Å². The molecular weight excluding hydrogens is 208 g/mol. The molecule has 0 bridgehead atoms. The Hall–Kier alpha value is -0.670. The van der Waals surface area contributed by atoms with Crippen molar-refractivity contribution in [2.75, 3.05) is 18.6 Å². The predicted molar refractivity (Wildman–Crippen MR) is 65.7 cm³/mol. The van der Waals surface area contributed by atoms with Crippen LogP contribution in [-0.2, 0) is 0 Å². The maximum Gasteiger partial charge on any atom is 0.125 e. The Morgan fingerprint density at radius 3 is 2.80 bits per heavy atom. The SMILES string of the molecule is CSCCOc1cc(C)ccc1[C@H](C)O. The second-order valence-corrected chi connectivity index (χ2v) is 4.54. The lowest BCUT2D eigenvalue weighted by Crippen LogP contribution is -2.04. The Kier molecular flexibility index (Phi) is 4.99. The van der Waals surface area contributed by atoms with E-state index in [0.29, 0.717) is 6.61 Å².